The highest BCUT2D eigenvalue weighted by molar-refractivity contribution is 5.90. The van der Waals surface area contributed by atoms with Gasteiger partial charge >= 0.3 is 0 Å². The van der Waals surface area contributed by atoms with Crippen molar-refractivity contribution < 1.29 is 14.3 Å². The fourth-order valence-electron chi connectivity index (χ4n) is 3.89. The Labute approximate surface area is 196 Å². The summed E-state index contributed by atoms with van der Waals surface area (Å²) in [4.78, 5) is 28.0. The second kappa shape index (κ2) is 11.5. The van der Waals surface area contributed by atoms with Crippen molar-refractivity contribution in [3.05, 3.63) is 77.9 Å². The standard InChI is InChI=1S/C28H34N2O3/c1-5-25(28(32)29-17-20(2)3)30(18-22-11-8-10-21(4)16-22)27(31)19-33-26-15-9-13-23-12-6-7-14-24(23)26/h6-16,20,25H,5,17-19H2,1-4H3,(H,29,32)/t25-/m0/s1. The first-order valence-corrected chi connectivity index (χ1v) is 11.6. The molecule has 0 aliphatic carbocycles. The summed E-state index contributed by atoms with van der Waals surface area (Å²) in [5.74, 6) is 0.657. The fourth-order valence-corrected chi connectivity index (χ4v) is 3.89. The maximum Gasteiger partial charge on any atom is 0.261 e. The quantitative estimate of drug-likeness (QED) is 0.471. The third-order valence-corrected chi connectivity index (χ3v) is 5.61. The van der Waals surface area contributed by atoms with E-state index in [-0.39, 0.29) is 18.4 Å². The average Bonchev–Trinajstić information content (AvgIpc) is 2.81. The Morgan fingerprint density at radius 1 is 1.00 bits per heavy atom. The molecule has 0 heterocycles. The van der Waals surface area contributed by atoms with E-state index in [2.05, 4.69) is 19.2 Å². The van der Waals surface area contributed by atoms with Crippen LogP contribution in [0, 0.1) is 12.8 Å². The zero-order chi connectivity index (χ0) is 23.8. The van der Waals surface area contributed by atoms with Gasteiger partial charge in [-0.05, 0) is 36.3 Å². The molecule has 174 valence electrons. The van der Waals surface area contributed by atoms with E-state index in [1.807, 2.05) is 80.6 Å². The molecule has 3 aromatic carbocycles. The number of nitrogens with one attached hydrogen (secondary N) is 1. The highest BCUT2D eigenvalue weighted by atomic mass is 16.5. The van der Waals surface area contributed by atoms with Crippen LogP contribution in [0.4, 0.5) is 0 Å². The van der Waals surface area contributed by atoms with E-state index in [0.717, 1.165) is 21.9 Å². The number of hydrogen-bond acceptors (Lipinski definition) is 3. The second-order valence-electron chi connectivity index (χ2n) is 8.84. The van der Waals surface area contributed by atoms with Gasteiger partial charge in [0.05, 0.1) is 0 Å². The van der Waals surface area contributed by atoms with Crippen LogP contribution in [0.2, 0.25) is 0 Å². The first-order valence-electron chi connectivity index (χ1n) is 11.6. The summed E-state index contributed by atoms with van der Waals surface area (Å²) in [6, 6.07) is 21.2. The number of aryl methyl sites for hydroxylation is 1. The molecule has 0 saturated heterocycles. The van der Waals surface area contributed by atoms with Crippen molar-refractivity contribution in [3.63, 3.8) is 0 Å². The molecule has 0 spiro atoms. The highest BCUT2D eigenvalue weighted by Gasteiger charge is 2.29. The Bertz CT molecular complexity index is 1090. The maximum atomic E-state index is 13.4. The lowest BCUT2D eigenvalue weighted by atomic mass is 10.1. The van der Waals surface area contributed by atoms with Gasteiger partial charge in [0.2, 0.25) is 5.91 Å². The van der Waals surface area contributed by atoms with E-state index in [1.165, 1.54) is 0 Å². The smallest absolute Gasteiger partial charge is 0.261 e. The third kappa shape index (κ3) is 6.58. The number of amides is 2. The van der Waals surface area contributed by atoms with Gasteiger partial charge in [0.1, 0.15) is 11.8 Å². The molecule has 3 aromatic rings. The maximum absolute atomic E-state index is 13.4. The van der Waals surface area contributed by atoms with Gasteiger partial charge in [0.25, 0.3) is 5.91 Å². The molecule has 1 N–H and O–H groups in total. The summed E-state index contributed by atoms with van der Waals surface area (Å²) in [7, 11) is 0. The molecule has 1 atom stereocenters. The molecule has 0 aliphatic rings. The Balaban J connectivity index is 1.82. The predicted octanol–water partition coefficient (Wildman–Crippen LogP) is 5.11. The van der Waals surface area contributed by atoms with Crippen LogP contribution in [0.25, 0.3) is 10.8 Å². The second-order valence-corrected chi connectivity index (χ2v) is 8.84. The van der Waals surface area contributed by atoms with Crippen molar-refractivity contribution in [1.29, 1.82) is 0 Å². The largest absolute Gasteiger partial charge is 0.483 e. The number of rotatable bonds is 10. The molecule has 3 rings (SSSR count). The van der Waals surface area contributed by atoms with Crippen molar-refractivity contribution in [1.82, 2.24) is 10.2 Å². The fraction of sp³-hybridized carbons (Fsp3) is 0.357. The summed E-state index contributed by atoms with van der Waals surface area (Å²) in [6.07, 6.45) is 0.524. The minimum Gasteiger partial charge on any atom is -0.483 e. The number of hydrogen-bond donors (Lipinski definition) is 1. The molecule has 0 aromatic heterocycles. The van der Waals surface area contributed by atoms with Crippen LogP contribution in [-0.4, -0.2) is 35.9 Å². The van der Waals surface area contributed by atoms with E-state index < -0.39 is 6.04 Å². The molecule has 0 unspecified atom stereocenters. The van der Waals surface area contributed by atoms with Crippen LogP contribution in [0.3, 0.4) is 0 Å². The first-order chi connectivity index (χ1) is 15.9. The molecule has 33 heavy (non-hydrogen) atoms. The third-order valence-electron chi connectivity index (χ3n) is 5.61. The van der Waals surface area contributed by atoms with Crippen molar-refractivity contribution in [2.24, 2.45) is 5.92 Å². The zero-order valence-electron chi connectivity index (χ0n) is 20.0. The van der Waals surface area contributed by atoms with Gasteiger partial charge in [-0.15, -0.1) is 0 Å². The van der Waals surface area contributed by atoms with E-state index in [1.54, 1.807) is 4.90 Å². The number of nitrogens with zero attached hydrogens (tertiary/aromatic N) is 1. The first kappa shape index (κ1) is 24.3. The van der Waals surface area contributed by atoms with Crippen LogP contribution >= 0.6 is 0 Å². The van der Waals surface area contributed by atoms with E-state index >= 15 is 0 Å². The molecule has 5 heteroatoms. The predicted molar refractivity (Wildman–Crippen MR) is 133 cm³/mol. The van der Waals surface area contributed by atoms with Crippen molar-refractivity contribution in [3.8, 4) is 5.75 Å². The summed E-state index contributed by atoms with van der Waals surface area (Å²) >= 11 is 0. The van der Waals surface area contributed by atoms with Gasteiger partial charge in [0.15, 0.2) is 6.61 Å². The normalized spacial score (nSPS) is 11.9. The van der Waals surface area contributed by atoms with E-state index in [4.69, 9.17) is 4.74 Å². The Hall–Kier alpha value is -3.34. The number of fused-ring (bicyclic) bond motifs is 1. The molecule has 0 aliphatic heterocycles. The lowest BCUT2D eigenvalue weighted by Gasteiger charge is -2.31. The van der Waals surface area contributed by atoms with E-state index in [0.29, 0.717) is 31.2 Å². The van der Waals surface area contributed by atoms with Gasteiger partial charge in [-0.25, -0.2) is 0 Å². The highest BCUT2D eigenvalue weighted by Crippen LogP contribution is 2.25. The molecule has 5 nitrogen and oxygen atoms in total. The van der Waals surface area contributed by atoms with Crippen LogP contribution in [-0.2, 0) is 16.1 Å². The summed E-state index contributed by atoms with van der Waals surface area (Å²) in [6.45, 7) is 8.85. The number of benzene rings is 3. The number of carbonyl (C=O) groups excluding carboxylic acids is 2. The van der Waals surface area contributed by atoms with Crippen LogP contribution in [0.15, 0.2) is 66.7 Å². The monoisotopic (exact) mass is 446 g/mol. The molecule has 0 bridgehead atoms. The molecule has 0 fully saturated rings. The van der Waals surface area contributed by atoms with Gasteiger partial charge in [-0.2, -0.15) is 0 Å². The molecular formula is C28H34N2O3. The van der Waals surface area contributed by atoms with Crippen molar-refractivity contribution in [2.75, 3.05) is 13.2 Å². The van der Waals surface area contributed by atoms with Crippen molar-refractivity contribution >= 4 is 22.6 Å². The average molecular weight is 447 g/mol. The van der Waals surface area contributed by atoms with Gasteiger partial charge in [-0.1, -0.05) is 87.0 Å². The molecule has 2 amide bonds. The number of carbonyl (C=O) groups is 2. The van der Waals surface area contributed by atoms with Gasteiger partial charge < -0.3 is 15.0 Å². The lowest BCUT2D eigenvalue weighted by Crippen LogP contribution is -2.50. The van der Waals surface area contributed by atoms with Crippen LogP contribution < -0.4 is 10.1 Å². The zero-order valence-corrected chi connectivity index (χ0v) is 20.0. The van der Waals surface area contributed by atoms with Crippen LogP contribution in [0.1, 0.15) is 38.3 Å². The minimum absolute atomic E-state index is 0.127. The molecule has 0 radical (unpaired) electrons. The Morgan fingerprint density at radius 2 is 1.73 bits per heavy atom. The summed E-state index contributed by atoms with van der Waals surface area (Å²) in [5, 5.41) is 5.00. The topological polar surface area (TPSA) is 58.6 Å². The lowest BCUT2D eigenvalue weighted by molar-refractivity contribution is -0.143. The Morgan fingerprint density at radius 3 is 2.45 bits per heavy atom. The number of ether oxygens (including phenoxy) is 1. The summed E-state index contributed by atoms with van der Waals surface area (Å²) < 4.78 is 5.97. The molecule has 0 saturated carbocycles. The van der Waals surface area contributed by atoms with E-state index in [9.17, 15) is 9.59 Å². The SMILES string of the molecule is CC[C@@H](C(=O)NCC(C)C)N(Cc1cccc(C)c1)C(=O)COc1cccc2ccccc12. The summed E-state index contributed by atoms with van der Waals surface area (Å²) in [5.41, 5.74) is 2.10. The van der Waals surface area contributed by atoms with Crippen LogP contribution in [0.5, 0.6) is 5.75 Å². The molecular weight excluding hydrogens is 412 g/mol. The minimum atomic E-state index is -0.562. The van der Waals surface area contributed by atoms with Gasteiger partial charge in [0, 0.05) is 18.5 Å². The van der Waals surface area contributed by atoms with Crippen molar-refractivity contribution in [2.45, 2.75) is 46.7 Å². The Kier molecular flexibility index (Phi) is 8.47. The van der Waals surface area contributed by atoms with Gasteiger partial charge in [-0.3, -0.25) is 9.59 Å².